The van der Waals surface area contributed by atoms with Gasteiger partial charge >= 0.3 is 13.7 Å². The molecule has 0 aliphatic rings. The van der Waals surface area contributed by atoms with Crippen LogP contribution in [0.2, 0.25) is 0 Å². The van der Waals surface area contributed by atoms with E-state index in [2.05, 4.69) is 4.65 Å². The molecule has 0 aliphatic carbocycles. The van der Waals surface area contributed by atoms with Crippen molar-refractivity contribution in [1.29, 1.82) is 0 Å². The molecular weight excluding hydrogens is 247 g/mol. The molecule has 0 amide bonds. The summed E-state index contributed by atoms with van der Waals surface area (Å²) < 4.78 is 31.7. The van der Waals surface area contributed by atoms with Gasteiger partial charge in [-0.25, -0.2) is 8.78 Å². The Balaban J connectivity index is 3.07. The first-order chi connectivity index (χ1) is 8.27. The second kappa shape index (κ2) is 5.32. The highest BCUT2D eigenvalue weighted by molar-refractivity contribution is 6.17. The van der Waals surface area contributed by atoms with Crippen molar-refractivity contribution in [2.24, 2.45) is 5.73 Å². The van der Waals surface area contributed by atoms with Gasteiger partial charge in [0.15, 0.2) is 0 Å². The predicted octanol–water partition coefficient (Wildman–Crippen LogP) is -0.0531. The molecule has 1 rings (SSSR count). The number of aliphatic carboxylic acids is 1. The smallest absolute Gasteiger partial charge is 0.504 e. The molecule has 0 bridgehead atoms. The number of carbonyl (C=O) groups is 1. The fraction of sp³-hybridized carbons (Fsp3) is 0.300. The van der Waals surface area contributed by atoms with E-state index in [1.807, 2.05) is 0 Å². The maximum Gasteiger partial charge on any atom is 0.504 e. The summed E-state index contributed by atoms with van der Waals surface area (Å²) in [6.07, 6.45) is -0.501. The third-order valence-corrected chi connectivity index (χ3v) is 2.38. The molecule has 5 nitrogen and oxygen atoms in total. The summed E-state index contributed by atoms with van der Waals surface area (Å²) in [4.78, 5) is 10.8. The Labute approximate surface area is 102 Å². The summed E-state index contributed by atoms with van der Waals surface area (Å²) in [6.45, 7) is 1.16. The van der Waals surface area contributed by atoms with Gasteiger partial charge in [0.25, 0.3) is 0 Å². The molecule has 0 fully saturated rings. The number of halogens is 2. The average molecular weight is 259 g/mol. The van der Waals surface area contributed by atoms with Crippen LogP contribution in [-0.4, -0.2) is 29.3 Å². The van der Waals surface area contributed by atoms with E-state index in [4.69, 9.17) is 15.9 Å². The average Bonchev–Trinajstić information content (AvgIpc) is 2.24. The van der Waals surface area contributed by atoms with Gasteiger partial charge in [-0.05, 0) is 6.92 Å². The largest absolute Gasteiger partial charge is 0.539 e. The summed E-state index contributed by atoms with van der Waals surface area (Å²) >= 11 is 0. The van der Waals surface area contributed by atoms with Gasteiger partial charge in [0.1, 0.15) is 22.9 Å². The lowest BCUT2D eigenvalue weighted by atomic mass is 9.93. The maximum atomic E-state index is 13.6. The second-order valence-corrected chi connectivity index (χ2v) is 4.04. The Kier molecular flexibility index (Phi) is 4.26. The van der Waals surface area contributed by atoms with E-state index in [0.717, 1.165) is 19.1 Å². The van der Waals surface area contributed by atoms with Crippen LogP contribution in [-0.2, 0) is 11.2 Å². The van der Waals surface area contributed by atoms with Crippen molar-refractivity contribution in [3.8, 4) is 5.75 Å². The normalized spacial score (nSPS) is 13.8. The summed E-state index contributed by atoms with van der Waals surface area (Å²) in [6, 6.07) is 1.71. The summed E-state index contributed by atoms with van der Waals surface area (Å²) in [5.41, 5.74) is 3.21. The van der Waals surface area contributed by atoms with E-state index < -0.39 is 42.8 Å². The Morgan fingerprint density at radius 3 is 2.39 bits per heavy atom. The van der Waals surface area contributed by atoms with E-state index in [0.29, 0.717) is 0 Å². The highest BCUT2D eigenvalue weighted by Crippen LogP contribution is 2.23. The fourth-order valence-electron chi connectivity index (χ4n) is 1.35. The first-order valence-corrected chi connectivity index (χ1v) is 5.02. The van der Waals surface area contributed by atoms with Gasteiger partial charge in [-0.1, -0.05) is 0 Å². The van der Waals surface area contributed by atoms with Crippen molar-refractivity contribution in [1.82, 2.24) is 0 Å². The Hall–Kier alpha value is -1.67. The lowest BCUT2D eigenvalue weighted by Gasteiger charge is -2.20. The summed E-state index contributed by atoms with van der Waals surface area (Å²) in [5, 5.41) is 17.3. The van der Waals surface area contributed by atoms with Crippen molar-refractivity contribution < 1.29 is 28.4 Å². The highest BCUT2D eigenvalue weighted by Gasteiger charge is 2.31. The lowest BCUT2D eigenvalue weighted by molar-refractivity contribution is -0.142. The summed E-state index contributed by atoms with van der Waals surface area (Å²) in [7, 11) is -0.720. The number of nitrogens with two attached hydrogens (primary N) is 1. The van der Waals surface area contributed by atoms with Crippen LogP contribution < -0.4 is 10.4 Å². The molecule has 4 N–H and O–H groups in total. The molecule has 8 heteroatoms. The third kappa shape index (κ3) is 3.17. The molecule has 0 aromatic heterocycles. The Morgan fingerprint density at radius 1 is 1.50 bits per heavy atom. The molecule has 1 aromatic carbocycles. The fourth-order valence-corrected chi connectivity index (χ4v) is 1.35. The zero-order chi connectivity index (χ0) is 13.9. The van der Waals surface area contributed by atoms with E-state index in [1.54, 1.807) is 0 Å². The van der Waals surface area contributed by atoms with Crippen LogP contribution in [0.1, 0.15) is 12.5 Å². The molecule has 0 heterocycles. The number of carboxylic acids is 1. The molecule has 0 unspecified atom stereocenters. The molecule has 0 spiro atoms. The molecule has 98 valence electrons. The van der Waals surface area contributed by atoms with E-state index in [1.165, 1.54) is 0 Å². The van der Waals surface area contributed by atoms with E-state index in [-0.39, 0.29) is 5.75 Å². The van der Waals surface area contributed by atoms with Gasteiger partial charge in [-0.3, -0.25) is 4.79 Å². The van der Waals surface area contributed by atoms with Crippen LogP contribution in [0.25, 0.3) is 0 Å². The van der Waals surface area contributed by atoms with Crippen molar-refractivity contribution >= 4 is 13.7 Å². The molecule has 1 atom stereocenters. The second-order valence-electron chi connectivity index (χ2n) is 4.04. The minimum absolute atomic E-state index is 0.190. The number of hydrogen-bond acceptors (Lipinski definition) is 4. The number of benzene rings is 1. The zero-order valence-electron chi connectivity index (χ0n) is 9.61. The molecule has 18 heavy (non-hydrogen) atoms. The van der Waals surface area contributed by atoms with Crippen LogP contribution >= 0.6 is 0 Å². The van der Waals surface area contributed by atoms with Gasteiger partial charge in [-0.15, -0.1) is 0 Å². The minimum Gasteiger partial charge on any atom is -0.539 e. The van der Waals surface area contributed by atoms with Gasteiger partial charge in [0, 0.05) is 24.1 Å². The minimum atomic E-state index is -1.78. The quantitative estimate of drug-likeness (QED) is 0.644. The monoisotopic (exact) mass is 259 g/mol. The first-order valence-electron chi connectivity index (χ1n) is 5.02. The topological polar surface area (TPSA) is 92.8 Å². The van der Waals surface area contributed by atoms with Gasteiger partial charge < -0.3 is 20.5 Å². The van der Waals surface area contributed by atoms with Crippen molar-refractivity contribution in [3.63, 3.8) is 0 Å². The maximum absolute atomic E-state index is 13.6. The molecular formula is C10H12BF2NO4. The van der Waals surface area contributed by atoms with E-state index >= 15 is 0 Å². The Morgan fingerprint density at radius 2 is 2.00 bits per heavy atom. The van der Waals surface area contributed by atoms with Gasteiger partial charge in [-0.2, -0.15) is 0 Å². The van der Waals surface area contributed by atoms with Crippen LogP contribution in [0.3, 0.4) is 0 Å². The van der Waals surface area contributed by atoms with Crippen LogP contribution in [0.4, 0.5) is 8.78 Å². The van der Waals surface area contributed by atoms with Gasteiger partial charge in [0.2, 0.25) is 0 Å². The molecule has 0 saturated heterocycles. The number of carboxylic acid groups (broad SMARTS) is 1. The van der Waals surface area contributed by atoms with Crippen LogP contribution in [0.5, 0.6) is 5.75 Å². The van der Waals surface area contributed by atoms with Crippen molar-refractivity contribution in [3.05, 3.63) is 29.3 Å². The predicted molar refractivity (Wildman–Crippen MR) is 60.3 cm³/mol. The summed E-state index contributed by atoms with van der Waals surface area (Å²) in [5.74, 6) is -3.50. The molecule has 0 radical (unpaired) electrons. The molecule has 1 aromatic rings. The SMILES string of the molecule is C[C@@](N)(Cc1c(F)cc(OBO)cc1F)C(=O)O. The highest BCUT2D eigenvalue weighted by atomic mass is 19.1. The van der Waals surface area contributed by atoms with Crippen LogP contribution in [0, 0.1) is 11.6 Å². The number of rotatable bonds is 5. The van der Waals surface area contributed by atoms with Crippen LogP contribution in [0.15, 0.2) is 12.1 Å². The lowest BCUT2D eigenvalue weighted by Crippen LogP contribution is -2.47. The molecule has 0 saturated carbocycles. The number of hydrogen-bond donors (Lipinski definition) is 3. The Bertz CT molecular complexity index is 444. The van der Waals surface area contributed by atoms with Gasteiger partial charge in [0.05, 0.1) is 0 Å². The van der Waals surface area contributed by atoms with Crippen molar-refractivity contribution in [2.75, 3.05) is 0 Å². The standard InChI is InChI=1S/C10H12BF2NO4/c1-10(14,9(15)16)4-6-7(12)2-5(18-11-17)3-8(6)13/h2-3,11,17H,4,14H2,1H3,(H,15,16)/t10-/m1/s1. The van der Waals surface area contributed by atoms with E-state index in [9.17, 15) is 13.6 Å². The third-order valence-electron chi connectivity index (χ3n) is 2.38. The molecule has 0 aliphatic heterocycles. The first kappa shape index (κ1) is 14.4. The van der Waals surface area contributed by atoms with Crippen molar-refractivity contribution in [2.45, 2.75) is 18.9 Å². The zero-order valence-corrected chi connectivity index (χ0v) is 9.61.